The van der Waals surface area contributed by atoms with Crippen LogP contribution in [0.25, 0.3) is 11.1 Å². The molecule has 0 aliphatic carbocycles. The van der Waals surface area contributed by atoms with Crippen LogP contribution in [0.5, 0.6) is 0 Å². The van der Waals surface area contributed by atoms with Crippen LogP contribution in [0.15, 0.2) is 65.4 Å². The van der Waals surface area contributed by atoms with E-state index in [1.165, 1.54) is 6.39 Å². The maximum Gasteiger partial charge on any atom is 0.291 e. The van der Waals surface area contributed by atoms with Crippen molar-refractivity contribution in [1.82, 2.24) is 15.2 Å². The smallest absolute Gasteiger partial charge is 0.291 e. The van der Waals surface area contributed by atoms with Gasteiger partial charge in [-0.15, -0.1) is 0 Å². The van der Waals surface area contributed by atoms with Crippen molar-refractivity contribution in [1.29, 1.82) is 0 Å². The van der Waals surface area contributed by atoms with E-state index in [0.717, 1.165) is 16.7 Å². The number of nitrogens with zero attached hydrogens (tertiary/aromatic N) is 2. The van der Waals surface area contributed by atoms with Crippen molar-refractivity contribution in [2.75, 3.05) is 19.6 Å². The zero-order chi connectivity index (χ0) is 23.4. The number of oxazole rings is 1. The molecule has 1 atom stereocenters. The summed E-state index contributed by atoms with van der Waals surface area (Å²) >= 11 is 0. The minimum Gasteiger partial charge on any atom is -0.438 e. The normalized spacial score (nSPS) is 18.0. The van der Waals surface area contributed by atoms with Gasteiger partial charge in [-0.05, 0) is 42.4 Å². The molecule has 172 valence electrons. The fourth-order valence-corrected chi connectivity index (χ4v) is 4.47. The Morgan fingerprint density at radius 2 is 1.88 bits per heavy atom. The molecule has 1 aromatic heterocycles. The lowest BCUT2D eigenvalue weighted by atomic mass is 9.79. The summed E-state index contributed by atoms with van der Waals surface area (Å²) in [6.45, 7) is 7.38. The van der Waals surface area contributed by atoms with Crippen molar-refractivity contribution in [3.05, 3.63) is 78.0 Å². The lowest BCUT2D eigenvalue weighted by Crippen LogP contribution is -2.46. The summed E-state index contributed by atoms with van der Waals surface area (Å²) < 4.78 is 5.33. The topological polar surface area (TPSA) is 75.4 Å². The Hall–Kier alpha value is -3.41. The largest absolute Gasteiger partial charge is 0.438 e. The van der Waals surface area contributed by atoms with E-state index in [9.17, 15) is 9.59 Å². The fourth-order valence-electron chi connectivity index (χ4n) is 4.47. The van der Waals surface area contributed by atoms with Crippen molar-refractivity contribution >= 4 is 11.8 Å². The van der Waals surface area contributed by atoms with Crippen LogP contribution in [0.2, 0.25) is 0 Å². The first-order valence-corrected chi connectivity index (χ1v) is 11.5. The van der Waals surface area contributed by atoms with E-state index in [1.54, 1.807) is 11.8 Å². The Morgan fingerprint density at radius 3 is 2.58 bits per heavy atom. The van der Waals surface area contributed by atoms with Crippen LogP contribution >= 0.6 is 0 Å². The number of hydrogen-bond acceptors (Lipinski definition) is 4. The van der Waals surface area contributed by atoms with Gasteiger partial charge in [0.2, 0.25) is 11.7 Å². The van der Waals surface area contributed by atoms with Gasteiger partial charge >= 0.3 is 0 Å². The van der Waals surface area contributed by atoms with Crippen LogP contribution in [-0.4, -0.2) is 41.3 Å². The second-order valence-corrected chi connectivity index (χ2v) is 9.37. The van der Waals surface area contributed by atoms with Crippen LogP contribution in [0.1, 0.15) is 42.1 Å². The molecule has 1 N–H and O–H groups in total. The number of rotatable bonds is 7. The molecular weight excluding hydrogens is 414 g/mol. The molecular formula is C27H31N3O3. The van der Waals surface area contributed by atoms with Crippen molar-refractivity contribution in [3.63, 3.8) is 0 Å². The van der Waals surface area contributed by atoms with Gasteiger partial charge in [-0.2, -0.15) is 0 Å². The number of carbonyl (C=O) groups is 2. The highest BCUT2D eigenvalue weighted by atomic mass is 16.3. The molecule has 1 fully saturated rings. The molecule has 1 aliphatic rings. The van der Waals surface area contributed by atoms with E-state index in [2.05, 4.69) is 54.5 Å². The molecule has 2 amide bonds. The summed E-state index contributed by atoms with van der Waals surface area (Å²) in [6, 6.07) is 18.5. The standard InChI is InChI=1S/C27H31N3O3/c1-19(2)16-28-26(32)27(12-13-30(17-27)25(31)24-20(3)29-18-33-24)15-21-8-7-11-23(14-21)22-9-5-4-6-10-22/h4-11,14,18-19H,12-13,15-17H2,1-3H3,(H,28,32)/t27-/m1/s1. The van der Waals surface area contributed by atoms with E-state index < -0.39 is 5.41 Å². The highest BCUT2D eigenvalue weighted by Gasteiger charge is 2.46. The van der Waals surface area contributed by atoms with Crippen LogP contribution in [0.3, 0.4) is 0 Å². The van der Waals surface area contributed by atoms with Crippen LogP contribution < -0.4 is 5.32 Å². The maximum atomic E-state index is 13.5. The number of hydrogen-bond donors (Lipinski definition) is 1. The molecule has 0 radical (unpaired) electrons. The molecule has 0 saturated carbocycles. The summed E-state index contributed by atoms with van der Waals surface area (Å²) in [5.41, 5.74) is 3.22. The highest BCUT2D eigenvalue weighted by molar-refractivity contribution is 5.94. The average molecular weight is 446 g/mol. The number of amides is 2. The number of benzene rings is 2. The SMILES string of the molecule is Cc1ncoc1C(=O)N1CC[C@](Cc2cccc(-c3ccccc3)c2)(C(=O)NCC(C)C)C1. The zero-order valence-electron chi connectivity index (χ0n) is 19.5. The van der Waals surface area contributed by atoms with Crippen molar-refractivity contribution in [2.45, 2.75) is 33.6 Å². The van der Waals surface area contributed by atoms with Crippen LogP contribution in [0.4, 0.5) is 0 Å². The Bertz CT molecular complexity index is 1120. The summed E-state index contributed by atoms with van der Waals surface area (Å²) in [6.07, 6.45) is 2.46. The molecule has 1 saturated heterocycles. The minimum atomic E-state index is -0.687. The second-order valence-electron chi connectivity index (χ2n) is 9.37. The first-order valence-electron chi connectivity index (χ1n) is 11.5. The molecule has 2 heterocycles. The predicted octanol–water partition coefficient (Wildman–Crippen LogP) is 4.50. The number of aromatic nitrogens is 1. The molecule has 6 heteroatoms. The van der Waals surface area contributed by atoms with Gasteiger partial charge in [0.15, 0.2) is 6.39 Å². The summed E-state index contributed by atoms with van der Waals surface area (Å²) in [7, 11) is 0. The number of nitrogens with one attached hydrogen (secondary N) is 1. The summed E-state index contributed by atoms with van der Waals surface area (Å²) in [5.74, 6) is 0.398. The highest BCUT2D eigenvalue weighted by Crippen LogP contribution is 2.36. The fraction of sp³-hybridized carbons (Fsp3) is 0.370. The Kier molecular flexibility index (Phi) is 6.63. The third kappa shape index (κ3) is 5.00. The monoisotopic (exact) mass is 445 g/mol. The Balaban J connectivity index is 1.60. The first kappa shape index (κ1) is 22.8. The van der Waals surface area contributed by atoms with E-state index in [4.69, 9.17) is 4.42 Å². The van der Waals surface area contributed by atoms with E-state index >= 15 is 0 Å². The zero-order valence-corrected chi connectivity index (χ0v) is 19.5. The quantitative estimate of drug-likeness (QED) is 0.581. The van der Waals surface area contributed by atoms with Gasteiger partial charge in [-0.1, -0.05) is 68.4 Å². The minimum absolute atomic E-state index is 0.00547. The van der Waals surface area contributed by atoms with E-state index in [0.29, 0.717) is 44.1 Å². The second kappa shape index (κ2) is 9.61. The first-order chi connectivity index (χ1) is 15.9. The van der Waals surface area contributed by atoms with E-state index in [-0.39, 0.29) is 17.6 Å². The third-order valence-corrected chi connectivity index (χ3v) is 6.31. The number of likely N-dealkylation sites (tertiary alicyclic amines) is 1. The molecule has 3 aromatic rings. The van der Waals surface area contributed by atoms with Gasteiger partial charge < -0.3 is 14.6 Å². The lowest BCUT2D eigenvalue weighted by Gasteiger charge is -2.29. The van der Waals surface area contributed by atoms with Crippen LogP contribution in [-0.2, 0) is 11.2 Å². The Morgan fingerprint density at radius 1 is 1.12 bits per heavy atom. The lowest BCUT2D eigenvalue weighted by molar-refractivity contribution is -0.130. The van der Waals surface area contributed by atoms with Gasteiger partial charge in [0.25, 0.3) is 5.91 Å². The molecule has 2 aromatic carbocycles. The third-order valence-electron chi connectivity index (χ3n) is 6.31. The average Bonchev–Trinajstić information content (AvgIpc) is 3.45. The van der Waals surface area contributed by atoms with Crippen molar-refractivity contribution in [3.8, 4) is 11.1 Å². The van der Waals surface area contributed by atoms with E-state index in [1.807, 2.05) is 24.3 Å². The van der Waals surface area contributed by atoms with Crippen molar-refractivity contribution < 1.29 is 14.0 Å². The van der Waals surface area contributed by atoms with Crippen molar-refractivity contribution in [2.24, 2.45) is 11.3 Å². The maximum absolute atomic E-state index is 13.5. The molecule has 1 aliphatic heterocycles. The number of aryl methyl sites for hydroxylation is 1. The summed E-state index contributed by atoms with van der Waals surface area (Å²) in [4.78, 5) is 32.3. The Labute approximate surface area is 195 Å². The molecule has 4 rings (SSSR count). The molecule has 0 spiro atoms. The molecule has 0 bridgehead atoms. The van der Waals surface area contributed by atoms with Gasteiger partial charge in [0, 0.05) is 19.6 Å². The van der Waals surface area contributed by atoms with Gasteiger partial charge in [0.1, 0.15) is 0 Å². The van der Waals surface area contributed by atoms with Gasteiger partial charge in [-0.25, -0.2) is 4.98 Å². The van der Waals surface area contributed by atoms with Gasteiger partial charge in [0.05, 0.1) is 11.1 Å². The van der Waals surface area contributed by atoms with Crippen LogP contribution in [0, 0.1) is 18.3 Å². The predicted molar refractivity (Wildman–Crippen MR) is 128 cm³/mol. The summed E-state index contributed by atoms with van der Waals surface area (Å²) in [5, 5.41) is 3.12. The molecule has 6 nitrogen and oxygen atoms in total. The molecule has 0 unspecified atom stereocenters. The number of carbonyl (C=O) groups excluding carboxylic acids is 2. The molecule has 33 heavy (non-hydrogen) atoms. The van der Waals surface area contributed by atoms with Gasteiger partial charge in [-0.3, -0.25) is 9.59 Å².